The lowest BCUT2D eigenvalue weighted by molar-refractivity contribution is 1.34. The highest BCUT2D eigenvalue weighted by Crippen LogP contribution is 2.24. The van der Waals surface area contributed by atoms with Gasteiger partial charge in [0.25, 0.3) is 0 Å². The van der Waals surface area contributed by atoms with Crippen LogP contribution in [0.2, 0.25) is 5.02 Å². The van der Waals surface area contributed by atoms with E-state index in [0.29, 0.717) is 5.02 Å². The number of halogens is 2. The van der Waals surface area contributed by atoms with Gasteiger partial charge in [-0.25, -0.2) is 0 Å². The summed E-state index contributed by atoms with van der Waals surface area (Å²) in [5.41, 5.74) is 4.79. The first kappa shape index (κ1) is 13.5. The Morgan fingerprint density at radius 3 is 2.95 bits per heavy atom. The highest BCUT2D eigenvalue weighted by Gasteiger charge is 2.01. The fraction of sp³-hybridized carbons (Fsp3) is 0. The number of hydrogen-bond acceptors (Lipinski definition) is 4. The maximum absolute atomic E-state index is 5.96. The molecule has 3 rings (SSSR count). The number of pyridine rings is 1. The molecule has 3 aromatic rings. The van der Waals surface area contributed by atoms with E-state index < -0.39 is 0 Å². The number of fused-ring (bicyclic) bond motifs is 1. The van der Waals surface area contributed by atoms with Crippen LogP contribution in [0.15, 0.2) is 51.5 Å². The molecule has 1 N–H and O–H groups in total. The van der Waals surface area contributed by atoms with Crippen molar-refractivity contribution in [3.8, 4) is 0 Å². The number of anilines is 1. The predicted molar refractivity (Wildman–Crippen MR) is 90.0 cm³/mol. The third-order valence-electron chi connectivity index (χ3n) is 2.68. The molecule has 0 atom stereocenters. The third-order valence-corrected chi connectivity index (χ3v) is 4.47. The molecule has 0 saturated carbocycles. The third kappa shape index (κ3) is 3.00. The molecule has 0 saturated heterocycles. The summed E-state index contributed by atoms with van der Waals surface area (Å²) in [6, 6.07) is 11.5. The van der Waals surface area contributed by atoms with Crippen molar-refractivity contribution >= 4 is 61.7 Å². The smallest absolute Gasteiger partial charge is 0.0738 e. The fourth-order valence-corrected chi connectivity index (χ4v) is 3.24. The van der Waals surface area contributed by atoms with Crippen molar-refractivity contribution in [2.75, 3.05) is 5.43 Å². The zero-order chi connectivity index (χ0) is 13.9. The van der Waals surface area contributed by atoms with Crippen LogP contribution in [0.4, 0.5) is 5.69 Å². The average molecular weight is 367 g/mol. The number of thiophene rings is 1. The minimum atomic E-state index is 0.675. The van der Waals surface area contributed by atoms with Crippen LogP contribution in [0.5, 0.6) is 0 Å². The number of nitrogens with one attached hydrogen (secondary N) is 1. The summed E-state index contributed by atoms with van der Waals surface area (Å²) in [4.78, 5) is 5.37. The first-order valence-corrected chi connectivity index (χ1v) is 7.80. The van der Waals surface area contributed by atoms with E-state index in [1.807, 2.05) is 36.4 Å². The van der Waals surface area contributed by atoms with Crippen molar-refractivity contribution in [1.29, 1.82) is 0 Å². The minimum absolute atomic E-state index is 0.675. The Hall–Kier alpha value is -1.43. The summed E-state index contributed by atoms with van der Waals surface area (Å²) >= 11 is 11.0. The van der Waals surface area contributed by atoms with Gasteiger partial charge in [-0.05, 0) is 52.3 Å². The van der Waals surface area contributed by atoms with E-state index in [4.69, 9.17) is 11.6 Å². The Kier molecular flexibility index (Phi) is 4.00. The van der Waals surface area contributed by atoms with Crippen LogP contribution in [-0.4, -0.2) is 11.2 Å². The first-order chi connectivity index (χ1) is 9.72. The van der Waals surface area contributed by atoms with Gasteiger partial charge in [-0.15, -0.1) is 11.3 Å². The lowest BCUT2D eigenvalue weighted by atomic mass is 10.2. The van der Waals surface area contributed by atoms with Gasteiger partial charge in [0.05, 0.1) is 21.2 Å². The van der Waals surface area contributed by atoms with Crippen molar-refractivity contribution in [3.63, 3.8) is 0 Å². The van der Waals surface area contributed by atoms with E-state index in [9.17, 15) is 0 Å². The van der Waals surface area contributed by atoms with Gasteiger partial charge in [0.2, 0.25) is 0 Å². The lowest BCUT2D eigenvalue weighted by Crippen LogP contribution is -1.91. The molecule has 6 heteroatoms. The van der Waals surface area contributed by atoms with Gasteiger partial charge in [0, 0.05) is 21.5 Å². The van der Waals surface area contributed by atoms with E-state index in [0.717, 1.165) is 25.3 Å². The second-order valence-corrected chi connectivity index (χ2v) is 6.96. The SMILES string of the molecule is Clc1ccc2c(N/N=C\c3ccc(Br)s3)ccnc2c1. The van der Waals surface area contributed by atoms with Gasteiger partial charge in [-0.3, -0.25) is 10.4 Å². The van der Waals surface area contributed by atoms with Gasteiger partial charge in [0.15, 0.2) is 0 Å². The maximum atomic E-state index is 5.96. The maximum Gasteiger partial charge on any atom is 0.0738 e. The Bertz CT molecular complexity index is 785. The molecule has 0 aliphatic rings. The van der Waals surface area contributed by atoms with Gasteiger partial charge in [-0.2, -0.15) is 5.10 Å². The molecule has 0 amide bonds. The Labute approximate surface area is 133 Å². The van der Waals surface area contributed by atoms with Crippen LogP contribution in [0.25, 0.3) is 10.9 Å². The van der Waals surface area contributed by atoms with Crippen LogP contribution in [0.3, 0.4) is 0 Å². The molecule has 0 radical (unpaired) electrons. The van der Waals surface area contributed by atoms with Crippen LogP contribution < -0.4 is 5.43 Å². The van der Waals surface area contributed by atoms with Gasteiger partial charge >= 0.3 is 0 Å². The van der Waals surface area contributed by atoms with Crippen molar-refractivity contribution in [3.05, 3.63) is 56.3 Å². The van der Waals surface area contributed by atoms with E-state index in [1.54, 1.807) is 23.7 Å². The number of aromatic nitrogens is 1. The number of hydrogen-bond donors (Lipinski definition) is 1. The highest BCUT2D eigenvalue weighted by molar-refractivity contribution is 9.11. The van der Waals surface area contributed by atoms with E-state index in [-0.39, 0.29) is 0 Å². The molecule has 2 heterocycles. The molecule has 0 unspecified atom stereocenters. The normalized spacial score (nSPS) is 11.3. The molecule has 0 bridgehead atoms. The first-order valence-electron chi connectivity index (χ1n) is 5.81. The summed E-state index contributed by atoms with van der Waals surface area (Å²) in [6.45, 7) is 0. The van der Waals surface area contributed by atoms with E-state index in [2.05, 4.69) is 31.4 Å². The fourth-order valence-electron chi connectivity index (χ4n) is 1.78. The van der Waals surface area contributed by atoms with Gasteiger partial charge in [-0.1, -0.05) is 11.6 Å². The molecular weight excluding hydrogens is 358 g/mol. The van der Waals surface area contributed by atoms with Crippen molar-refractivity contribution < 1.29 is 0 Å². The monoisotopic (exact) mass is 365 g/mol. The number of nitrogens with zero attached hydrogens (tertiary/aromatic N) is 2. The second kappa shape index (κ2) is 5.91. The molecule has 0 aliphatic heterocycles. The lowest BCUT2D eigenvalue weighted by Gasteiger charge is -2.04. The molecule has 0 spiro atoms. The number of benzene rings is 1. The topological polar surface area (TPSA) is 37.3 Å². The molecule has 20 heavy (non-hydrogen) atoms. The zero-order valence-electron chi connectivity index (χ0n) is 10.2. The molecule has 1 aromatic carbocycles. The Morgan fingerprint density at radius 2 is 2.15 bits per heavy atom. The van der Waals surface area contributed by atoms with Crippen LogP contribution >= 0.6 is 38.9 Å². The molecule has 2 aromatic heterocycles. The molecule has 0 fully saturated rings. The van der Waals surface area contributed by atoms with Crippen LogP contribution in [-0.2, 0) is 0 Å². The van der Waals surface area contributed by atoms with E-state index >= 15 is 0 Å². The second-order valence-electron chi connectivity index (χ2n) is 4.03. The Morgan fingerprint density at radius 1 is 1.25 bits per heavy atom. The molecule has 0 aliphatic carbocycles. The van der Waals surface area contributed by atoms with Crippen molar-refractivity contribution in [2.45, 2.75) is 0 Å². The standard InChI is InChI=1S/C14H9BrClN3S/c15-14-4-2-10(20-14)8-18-19-12-5-6-17-13-7-9(16)1-3-11(12)13/h1-8H,(H,17,19)/b18-8-. The highest BCUT2D eigenvalue weighted by atomic mass is 79.9. The number of hydrazone groups is 1. The number of rotatable bonds is 3. The predicted octanol–water partition coefficient (Wildman–Crippen LogP) is 5.16. The summed E-state index contributed by atoms with van der Waals surface area (Å²) in [7, 11) is 0. The molecular formula is C14H9BrClN3S. The summed E-state index contributed by atoms with van der Waals surface area (Å²) in [5.74, 6) is 0. The average Bonchev–Trinajstić information content (AvgIpc) is 2.84. The largest absolute Gasteiger partial charge is 0.278 e. The quantitative estimate of drug-likeness (QED) is 0.513. The summed E-state index contributed by atoms with van der Waals surface area (Å²) in [6.07, 6.45) is 3.52. The van der Waals surface area contributed by atoms with Crippen LogP contribution in [0.1, 0.15) is 4.88 Å². The summed E-state index contributed by atoms with van der Waals surface area (Å²) < 4.78 is 1.09. The van der Waals surface area contributed by atoms with Crippen molar-refractivity contribution in [2.24, 2.45) is 5.10 Å². The zero-order valence-corrected chi connectivity index (χ0v) is 13.3. The van der Waals surface area contributed by atoms with Crippen molar-refractivity contribution in [1.82, 2.24) is 4.98 Å². The van der Waals surface area contributed by atoms with Gasteiger partial charge < -0.3 is 0 Å². The minimum Gasteiger partial charge on any atom is -0.278 e. The summed E-state index contributed by atoms with van der Waals surface area (Å²) in [5, 5.41) is 5.91. The molecule has 100 valence electrons. The van der Waals surface area contributed by atoms with Gasteiger partial charge in [0.1, 0.15) is 0 Å². The van der Waals surface area contributed by atoms with E-state index in [1.165, 1.54) is 0 Å². The molecule has 3 nitrogen and oxygen atoms in total. The van der Waals surface area contributed by atoms with Crippen LogP contribution in [0, 0.1) is 0 Å². The Balaban J connectivity index is 1.86.